The summed E-state index contributed by atoms with van der Waals surface area (Å²) < 4.78 is 2.09. The summed E-state index contributed by atoms with van der Waals surface area (Å²) in [6.07, 6.45) is 16.6. The van der Waals surface area contributed by atoms with E-state index in [1.54, 1.807) is 0 Å². The third kappa shape index (κ3) is 3.23. The van der Waals surface area contributed by atoms with Crippen LogP contribution in [0.25, 0.3) is 5.70 Å². The molecule has 7 atom stereocenters. The number of allylic oxidation sites excluding steroid dienone is 5. The highest BCUT2D eigenvalue weighted by Gasteiger charge is 2.70. The second-order valence-corrected chi connectivity index (χ2v) is 15.8. The van der Waals surface area contributed by atoms with E-state index in [2.05, 4.69) is 56.8 Å². The molecule has 5 nitrogen and oxygen atoms in total. The van der Waals surface area contributed by atoms with Crippen LogP contribution in [0.4, 0.5) is 0 Å². The van der Waals surface area contributed by atoms with Gasteiger partial charge in [-0.2, -0.15) is 5.26 Å². The molecule has 212 valence electrons. The number of nitrogens with zero attached hydrogens (tertiary/aromatic N) is 3. The SMILES string of the molecule is C=C(n1ccnc1)[C@]12CCC(C)(C)C[C@H]1[C@H]1C(=O)C=C3[C@@]4(C)C=C(C#N)C(=O)C(C)(C)[C@@H]4CC[C@@]3(C)[C@]1(C)CC2. The van der Waals surface area contributed by atoms with Crippen molar-refractivity contribution in [3.63, 3.8) is 0 Å². The highest BCUT2D eigenvalue weighted by Crippen LogP contribution is 2.75. The molecule has 1 aromatic rings. The van der Waals surface area contributed by atoms with Gasteiger partial charge in [-0.05, 0) is 79.1 Å². The predicted molar refractivity (Wildman–Crippen MR) is 156 cm³/mol. The molecular formula is C35H45N3O2. The first-order valence-electron chi connectivity index (χ1n) is 15.2. The quantitative estimate of drug-likeness (QED) is 0.388. The zero-order valence-electron chi connectivity index (χ0n) is 25.4. The van der Waals surface area contributed by atoms with Gasteiger partial charge in [-0.15, -0.1) is 0 Å². The Balaban J connectivity index is 1.53. The molecule has 0 spiro atoms. The van der Waals surface area contributed by atoms with Crippen molar-refractivity contribution in [3.8, 4) is 6.07 Å². The molecule has 5 aliphatic carbocycles. The van der Waals surface area contributed by atoms with E-state index in [1.165, 1.54) is 0 Å². The molecule has 0 N–H and O–H groups in total. The molecule has 0 bridgehead atoms. The average molecular weight is 540 g/mol. The van der Waals surface area contributed by atoms with Crippen LogP contribution in [0.5, 0.6) is 0 Å². The summed E-state index contributed by atoms with van der Waals surface area (Å²) >= 11 is 0. The summed E-state index contributed by atoms with van der Waals surface area (Å²) in [5.41, 5.74) is 0.964. The van der Waals surface area contributed by atoms with E-state index < -0.39 is 10.8 Å². The lowest BCUT2D eigenvalue weighted by molar-refractivity contribution is -0.163. The van der Waals surface area contributed by atoms with Gasteiger partial charge in [0.05, 0.1) is 11.9 Å². The fraction of sp³-hybridized carbons (Fsp3) is 0.657. The second-order valence-electron chi connectivity index (χ2n) is 15.8. The number of fused-ring (bicyclic) bond motifs is 7. The van der Waals surface area contributed by atoms with Gasteiger partial charge in [-0.3, -0.25) is 9.59 Å². The molecule has 5 aliphatic rings. The summed E-state index contributed by atoms with van der Waals surface area (Å²) in [5.74, 6) is 0.357. The van der Waals surface area contributed by atoms with Crippen LogP contribution >= 0.6 is 0 Å². The molecule has 0 saturated heterocycles. The molecule has 0 unspecified atom stereocenters. The lowest BCUT2D eigenvalue weighted by Crippen LogP contribution is -2.65. The largest absolute Gasteiger partial charge is 0.310 e. The molecule has 0 radical (unpaired) electrons. The minimum atomic E-state index is -0.644. The topological polar surface area (TPSA) is 75.8 Å². The Kier molecular flexibility index (Phi) is 5.61. The van der Waals surface area contributed by atoms with Crippen LogP contribution in [0.1, 0.15) is 93.4 Å². The van der Waals surface area contributed by atoms with Gasteiger partial charge >= 0.3 is 0 Å². The van der Waals surface area contributed by atoms with Gasteiger partial charge in [0.25, 0.3) is 0 Å². The number of imidazole rings is 1. The Labute approximate surface area is 239 Å². The number of aromatic nitrogens is 2. The maximum Gasteiger partial charge on any atom is 0.178 e. The van der Waals surface area contributed by atoms with E-state index >= 15 is 0 Å². The number of carbonyl (C=O) groups is 2. The maximum atomic E-state index is 14.7. The Hall–Kier alpha value is -2.74. The standard InChI is InChI=1S/C35H45N3O2/c1-22(38-16-15-37-21-38)35-13-11-30(2,3)19-24(35)28-25(39)17-27-32(6)18-23(20-36)29(40)31(4,5)26(32)9-10-33(27,7)34(28,8)12-14-35/h15-18,21,24,26,28H,1,9-14,19H2,2-8H3/t24-,26-,28-,32-,33+,34+,35+/m0/s1. The van der Waals surface area contributed by atoms with Crippen LogP contribution in [-0.2, 0) is 9.59 Å². The number of ketones is 2. The molecule has 3 fully saturated rings. The van der Waals surface area contributed by atoms with Gasteiger partial charge in [0.15, 0.2) is 11.6 Å². The number of hydrogen-bond donors (Lipinski definition) is 0. The highest BCUT2D eigenvalue weighted by atomic mass is 16.1. The number of hydrogen-bond acceptors (Lipinski definition) is 4. The van der Waals surface area contributed by atoms with Gasteiger partial charge in [-0.1, -0.05) is 66.7 Å². The number of nitriles is 1. The summed E-state index contributed by atoms with van der Waals surface area (Å²) in [6, 6.07) is 2.21. The van der Waals surface area contributed by atoms with Gasteiger partial charge in [0.1, 0.15) is 6.07 Å². The van der Waals surface area contributed by atoms with Crippen molar-refractivity contribution < 1.29 is 9.59 Å². The number of Topliss-reactive ketones (excluding diaryl/α,β-unsaturated/α-hetero) is 1. The van der Waals surface area contributed by atoms with Crippen LogP contribution in [-0.4, -0.2) is 21.1 Å². The zero-order chi connectivity index (χ0) is 29.1. The van der Waals surface area contributed by atoms with Crippen LogP contribution in [0.2, 0.25) is 0 Å². The van der Waals surface area contributed by atoms with E-state index in [-0.39, 0.29) is 56.6 Å². The van der Waals surface area contributed by atoms with Gasteiger partial charge in [0.2, 0.25) is 0 Å². The van der Waals surface area contributed by atoms with Crippen molar-refractivity contribution in [2.75, 3.05) is 0 Å². The first kappa shape index (κ1) is 27.4. The molecule has 6 rings (SSSR count). The Morgan fingerprint density at radius 3 is 2.40 bits per heavy atom. The monoisotopic (exact) mass is 539 g/mol. The number of rotatable bonds is 2. The summed E-state index contributed by atoms with van der Waals surface area (Å²) in [4.78, 5) is 32.3. The third-order valence-electron chi connectivity index (χ3n) is 13.3. The fourth-order valence-electron chi connectivity index (χ4n) is 10.8. The normalized spacial score (nSPS) is 43.2. The van der Waals surface area contributed by atoms with Gasteiger partial charge < -0.3 is 4.57 Å². The minimum absolute atomic E-state index is 0.0576. The molecule has 5 heteroatoms. The van der Waals surface area contributed by atoms with Crippen LogP contribution in [0, 0.1) is 61.6 Å². The van der Waals surface area contributed by atoms with Crippen molar-refractivity contribution in [1.29, 1.82) is 5.26 Å². The molecule has 0 aromatic carbocycles. The van der Waals surface area contributed by atoms with E-state index in [4.69, 9.17) is 0 Å². The van der Waals surface area contributed by atoms with Crippen LogP contribution in [0.15, 0.2) is 48.6 Å². The van der Waals surface area contributed by atoms with Gasteiger partial charge in [-0.25, -0.2) is 4.98 Å². The summed E-state index contributed by atoms with van der Waals surface area (Å²) in [5, 5.41) is 9.95. The van der Waals surface area contributed by atoms with Crippen molar-refractivity contribution in [3.05, 3.63) is 48.6 Å². The van der Waals surface area contributed by atoms with E-state index in [9.17, 15) is 14.9 Å². The van der Waals surface area contributed by atoms with E-state index in [0.717, 1.165) is 56.2 Å². The summed E-state index contributed by atoms with van der Waals surface area (Å²) in [6.45, 7) is 20.4. The van der Waals surface area contributed by atoms with Crippen molar-refractivity contribution in [2.24, 2.45) is 50.2 Å². The second kappa shape index (κ2) is 8.17. The predicted octanol–water partition coefficient (Wildman–Crippen LogP) is 7.57. The lowest BCUT2D eigenvalue weighted by atomic mass is 9.34. The molecular weight excluding hydrogens is 494 g/mol. The molecule has 0 amide bonds. The third-order valence-corrected chi connectivity index (χ3v) is 13.3. The molecule has 3 saturated carbocycles. The first-order chi connectivity index (χ1) is 18.6. The maximum absolute atomic E-state index is 14.7. The molecule has 40 heavy (non-hydrogen) atoms. The molecule has 1 heterocycles. The van der Waals surface area contributed by atoms with E-state index in [1.807, 2.05) is 44.7 Å². The Morgan fingerprint density at radius 2 is 1.75 bits per heavy atom. The Bertz CT molecular complexity index is 1420. The number of carbonyl (C=O) groups excluding carboxylic acids is 2. The zero-order valence-corrected chi connectivity index (χ0v) is 25.4. The fourth-order valence-corrected chi connectivity index (χ4v) is 10.8. The summed E-state index contributed by atoms with van der Waals surface area (Å²) in [7, 11) is 0. The first-order valence-corrected chi connectivity index (χ1v) is 15.2. The average Bonchev–Trinajstić information content (AvgIpc) is 3.42. The molecule has 1 aromatic heterocycles. The highest BCUT2D eigenvalue weighted by molar-refractivity contribution is 6.04. The van der Waals surface area contributed by atoms with Crippen LogP contribution < -0.4 is 0 Å². The lowest BCUT2D eigenvalue weighted by Gasteiger charge is -2.69. The van der Waals surface area contributed by atoms with E-state index in [0.29, 0.717) is 0 Å². The Morgan fingerprint density at radius 1 is 1.05 bits per heavy atom. The smallest absolute Gasteiger partial charge is 0.178 e. The van der Waals surface area contributed by atoms with Crippen molar-refractivity contribution >= 4 is 17.3 Å². The van der Waals surface area contributed by atoms with Crippen molar-refractivity contribution in [1.82, 2.24) is 9.55 Å². The minimum Gasteiger partial charge on any atom is -0.310 e. The molecule has 0 aliphatic heterocycles. The van der Waals surface area contributed by atoms with Crippen LogP contribution in [0.3, 0.4) is 0 Å². The van der Waals surface area contributed by atoms with Crippen molar-refractivity contribution in [2.45, 2.75) is 93.4 Å². The van der Waals surface area contributed by atoms with Gasteiger partial charge in [0, 0.05) is 40.3 Å².